The molecule has 0 unspecified atom stereocenters. The number of aryl methyl sites for hydroxylation is 1. The van der Waals surface area contributed by atoms with Gasteiger partial charge in [-0.1, -0.05) is 0 Å². The number of aromatic nitrogens is 1. The summed E-state index contributed by atoms with van der Waals surface area (Å²) < 4.78 is 10.6. The van der Waals surface area contributed by atoms with Crippen molar-refractivity contribution in [2.24, 2.45) is 5.41 Å². The van der Waals surface area contributed by atoms with Crippen LogP contribution < -0.4 is 5.32 Å². The summed E-state index contributed by atoms with van der Waals surface area (Å²) in [5, 5.41) is 2.81. The van der Waals surface area contributed by atoms with E-state index < -0.39 is 11.7 Å². The number of amides is 1. The van der Waals surface area contributed by atoms with Crippen LogP contribution in [-0.2, 0) is 9.47 Å². The largest absolute Gasteiger partial charge is 0.444 e. The van der Waals surface area contributed by atoms with E-state index in [1.54, 1.807) is 0 Å². The second-order valence-corrected chi connectivity index (χ2v) is 7.63. The molecule has 1 spiro atoms. The maximum absolute atomic E-state index is 11.9. The molecular formula is C17H24N2O3. The van der Waals surface area contributed by atoms with Crippen molar-refractivity contribution in [2.75, 3.05) is 18.5 Å². The highest BCUT2D eigenvalue weighted by Gasteiger charge is 2.50. The van der Waals surface area contributed by atoms with Crippen LogP contribution in [0, 0.1) is 12.3 Å². The van der Waals surface area contributed by atoms with E-state index in [2.05, 4.69) is 10.3 Å². The Hall–Kier alpha value is -1.62. The summed E-state index contributed by atoms with van der Waals surface area (Å²) in [4.78, 5) is 16.3. The number of pyridine rings is 1. The smallest absolute Gasteiger partial charge is 0.412 e. The number of nitrogens with zero attached hydrogens (tertiary/aromatic N) is 1. The maximum Gasteiger partial charge on any atom is 0.412 e. The molecule has 1 saturated heterocycles. The van der Waals surface area contributed by atoms with Crippen LogP contribution in [-0.4, -0.2) is 29.9 Å². The molecule has 0 radical (unpaired) electrons. The van der Waals surface area contributed by atoms with Crippen molar-refractivity contribution < 1.29 is 14.3 Å². The minimum absolute atomic E-state index is 0.425. The summed E-state index contributed by atoms with van der Waals surface area (Å²) in [5.74, 6) is 0.524. The lowest BCUT2D eigenvalue weighted by Gasteiger charge is -2.53. The molecule has 1 aliphatic heterocycles. The summed E-state index contributed by atoms with van der Waals surface area (Å²) in [6.45, 7) is 9.23. The molecule has 1 aromatic heterocycles. The maximum atomic E-state index is 11.9. The molecule has 3 rings (SSSR count). The van der Waals surface area contributed by atoms with Crippen LogP contribution in [0.1, 0.15) is 50.8 Å². The van der Waals surface area contributed by atoms with E-state index in [1.807, 2.05) is 40.0 Å². The van der Waals surface area contributed by atoms with E-state index in [1.165, 1.54) is 5.56 Å². The molecule has 5 nitrogen and oxygen atoms in total. The standard InChI is InChI=1S/C17H24N2O3/c1-11-14(19-15(20)22-16(2,3)4)5-12(8-18-11)13-6-17(7-13)9-21-10-17/h5,8,13H,6-7,9-10H2,1-4H3,(H,19,20). The number of carbonyl (C=O) groups excluding carboxylic acids is 1. The highest BCUT2D eigenvalue weighted by Crippen LogP contribution is 2.55. The molecule has 0 bridgehead atoms. The molecule has 120 valence electrons. The zero-order chi connectivity index (χ0) is 16.0. The van der Waals surface area contributed by atoms with Gasteiger partial charge in [0.15, 0.2) is 0 Å². The van der Waals surface area contributed by atoms with Gasteiger partial charge in [-0.25, -0.2) is 4.79 Å². The molecule has 2 fully saturated rings. The Bertz CT molecular complexity index is 580. The van der Waals surface area contributed by atoms with Gasteiger partial charge in [0, 0.05) is 11.6 Å². The van der Waals surface area contributed by atoms with Gasteiger partial charge in [0.1, 0.15) is 5.60 Å². The van der Waals surface area contributed by atoms with Gasteiger partial charge in [-0.2, -0.15) is 0 Å². The first-order valence-electron chi connectivity index (χ1n) is 7.81. The van der Waals surface area contributed by atoms with E-state index in [0.717, 1.165) is 37.4 Å². The second kappa shape index (κ2) is 5.23. The molecule has 1 aliphatic carbocycles. The van der Waals surface area contributed by atoms with Crippen LogP contribution >= 0.6 is 0 Å². The molecule has 1 amide bonds. The summed E-state index contributed by atoms with van der Waals surface area (Å²) in [7, 11) is 0. The van der Waals surface area contributed by atoms with E-state index in [-0.39, 0.29) is 0 Å². The zero-order valence-electron chi connectivity index (χ0n) is 13.7. The molecule has 22 heavy (non-hydrogen) atoms. The van der Waals surface area contributed by atoms with Crippen molar-refractivity contribution in [2.45, 2.75) is 52.1 Å². The lowest BCUT2D eigenvalue weighted by atomic mass is 9.59. The zero-order valence-corrected chi connectivity index (χ0v) is 13.7. The molecule has 1 N–H and O–H groups in total. The van der Waals surface area contributed by atoms with Gasteiger partial charge in [-0.05, 0) is 58.1 Å². The quantitative estimate of drug-likeness (QED) is 0.906. The van der Waals surface area contributed by atoms with Gasteiger partial charge >= 0.3 is 6.09 Å². The molecule has 5 heteroatoms. The third-order valence-electron chi connectivity index (χ3n) is 4.39. The Morgan fingerprint density at radius 3 is 2.64 bits per heavy atom. The minimum Gasteiger partial charge on any atom is -0.444 e. The third-order valence-corrected chi connectivity index (χ3v) is 4.39. The highest BCUT2D eigenvalue weighted by atomic mass is 16.6. The summed E-state index contributed by atoms with van der Waals surface area (Å²) in [6, 6.07) is 2.03. The van der Waals surface area contributed by atoms with E-state index in [0.29, 0.717) is 11.3 Å². The predicted molar refractivity (Wildman–Crippen MR) is 84.1 cm³/mol. The minimum atomic E-state index is -0.506. The highest BCUT2D eigenvalue weighted by molar-refractivity contribution is 5.85. The Morgan fingerprint density at radius 2 is 2.09 bits per heavy atom. The fourth-order valence-corrected chi connectivity index (χ4v) is 3.16. The van der Waals surface area contributed by atoms with Crippen molar-refractivity contribution in [3.63, 3.8) is 0 Å². The van der Waals surface area contributed by atoms with Crippen LogP contribution in [0.15, 0.2) is 12.3 Å². The van der Waals surface area contributed by atoms with Gasteiger partial charge < -0.3 is 9.47 Å². The molecule has 2 heterocycles. The predicted octanol–water partition coefficient (Wildman–Crippen LogP) is 3.63. The Morgan fingerprint density at radius 1 is 1.41 bits per heavy atom. The van der Waals surface area contributed by atoms with E-state index >= 15 is 0 Å². The first-order chi connectivity index (χ1) is 10.3. The molecule has 1 aromatic rings. The molecule has 1 saturated carbocycles. The monoisotopic (exact) mass is 304 g/mol. The molecule has 0 aromatic carbocycles. The topological polar surface area (TPSA) is 60.5 Å². The van der Waals surface area contributed by atoms with Gasteiger partial charge in [0.05, 0.1) is 24.6 Å². The average Bonchev–Trinajstić information content (AvgIpc) is 2.26. The average molecular weight is 304 g/mol. The normalized spacial score (nSPS) is 20.2. The number of ether oxygens (including phenoxy) is 2. The number of rotatable bonds is 2. The summed E-state index contributed by atoms with van der Waals surface area (Å²) in [5.41, 5.74) is 2.64. The van der Waals surface area contributed by atoms with Gasteiger partial charge in [0.2, 0.25) is 0 Å². The molecular weight excluding hydrogens is 280 g/mol. The number of nitrogens with one attached hydrogen (secondary N) is 1. The van der Waals surface area contributed by atoms with Gasteiger partial charge in [0.25, 0.3) is 0 Å². The first-order valence-corrected chi connectivity index (χ1v) is 7.81. The van der Waals surface area contributed by atoms with E-state index in [9.17, 15) is 4.79 Å². The lowest BCUT2D eigenvalue weighted by molar-refractivity contribution is -0.164. The fourth-order valence-electron chi connectivity index (χ4n) is 3.16. The van der Waals surface area contributed by atoms with Crippen molar-refractivity contribution >= 4 is 11.8 Å². The second-order valence-electron chi connectivity index (χ2n) is 7.63. The number of hydrogen-bond acceptors (Lipinski definition) is 4. The van der Waals surface area contributed by atoms with Crippen molar-refractivity contribution in [3.8, 4) is 0 Å². The van der Waals surface area contributed by atoms with Crippen molar-refractivity contribution in [3.05, 3.63) is 23.5 Å². The fraction of sp³-hybridized carbons (Fsp3) is 0.647. The summed E-state index contributed by atoms with van der Waals surface area (Å²) in [6.07, 6.45) is 3.80. The Labute approximate surface area is 131 Å². The van der Waals surface area contributed by atoms with Crippen molar-refractivity contribution in [1.29, 1.82) is 0 Å². The first kappa shape index (κ1) is 15.3. The summed E-state index contributed by atoms with van der Waals surface area (Å²) >= 11 is 0. The number of carbonyl (C=O) groups is 1. The third kappa shape index (κ3) is 3.09. The van der Waals surface area contributed by atoms with Gasteiger partial charge in [-0.15, -0.1) is 0 Å². The van der Waals surface area contributed by atoms with Crippen LogP contribution in [0.5, 0.6) is 0 Å². The van der Waals surface area contributed by atoms with Crippen molar-refractivity contribution in [1.82, 2.24) is 4.98 Å². The van der Waals surface area contributed by atoms with Crippen LogP contribution in [0.2, 0.25) is 0 Å². The Balaban J connectivity index is 1.67. The van der Waals surface area contributed by atoms with Crippen LogP contribution in [0.25, 0.3) is 0 Å². The van der Waals surface area contributed by atoms with Crippen LogP contribution in [0.3, 0.4) is 0 Å². The molecule has 0 atom stereocenters. The Kier molecular flexibility index (Phi) is 3.63. The number of anilines is 1. The van der Waals surface area contributed by atoms with E-state index in [4.69, 9.17) is 9.47 Å². The van der Waals surface area contributed by atoms with Gasteiger partial charge in [-0.3, -0.25) is 10.3 Å². The lowest BCUT2D eigenvalue weighted by Crippen LogP contribution is -2.51. The van der Waals surface area contributed by atoms with Crippen LogP contribution in [0.4, 0.5) is 10.5 Å². The number of hydrogen-bond donors (Lipinski definition) is 1. The molecule has 2 aliphatic rings. The SMILES string of the molecule is Cc1ncc(C2CC3(COC3)C2)cc1NC(=O)OC(C)(C)C.